The molecular formula is C17H17N3. The van der Waals surface area contributed by atoms with E-state index in [0.717, 1.165) is 37.3 Å². The van der Waals surface area contributed by atoms with Gasteiger partial charge in [-0.15, -0.1) is 0 Å². The Balaban J connectivity index is 1.91. The number of pyridine rings is 1. The minimum Gasteiger partial charge on any atom is -0.355 e. The first-order valence-corrected chi connectivity index (χ1v) is 6.97. The maximum atomic E-state index is 9.36. The summed E-state index contributed by atoms with van der Waals surface area (Å²) in [5.74, 6) is 0.834. The number of nitrogens with zero attached hydrogens (tertiary/aromatic N) is 3. The van der Waals surface area contributed by atoms with Crippen molar-refractivity contribution in [1.29, 1.82) is 5.26 Å². The smallest absolute Gasteiger partial charge is 0.146 e. The quantitative estimate of drug-likeness (QED) is 0.794. The molecule has 0 saturated heterocycles. The van der Waals surface area contributed by atoms with E-state index in [2.05, 4.69) is 40.2 Å². The topological polar surface area (TPSA) is 39.9 Å². The molecule has 0 bridgehead atoms. The Kier molecular flexibility index (Phi) is 3.39. The van der Waals surface area contributed by atoms with E-state index in [4.69, 9.17) is 0 Å². The van der Waals surface area contributed by atoms with Gasteiger partial charge in [0.05, 0.1) is 5.56 Å². The Bertz CT molecular complexity index is 643. The monoisotopic (exact) mass is 263 g/mol. The second-order valence-corrected chi connectivity index (χ2v) is 5.19. The van der Waals surface area contributed by atoms with Crippen molar-refractivity contribution in [3.63, 3.8) is 0 Å². The molecule has 1 aromatic carbocycles. The highest BCUT2D eigenvalue weighted by Gasteiger charge is 2.18. The summed E-state index contributed by atoms with van der Waals surface area (Å²) < 4.78 is 0. The van der Waals surface area contributed by atoms with Gasteiger partial charge in [-0.05, 0) is 42.5 Å². The van der Waals surface area contributed by atoms with Gasteiger partial charge in [0.25, 0.3) is 0 Å². The highest BCUT2D eigenvalue weighted by molar-refractivity contribution is 5.57. The van der Waals surface area contributed by atoms with E-state index >= 15 is 0 Å². The van der Waals surface area contributed by atoms with Crippen LogP contribution in [0.4, 0.5) is 5.82 Å². The fourth-order valence-corrected chi connectivity index (χ4v) is 2.80. The Hall–Kier alpha value is -2.34. The zero-order valence-electron chi connectivity index (χ0n) is 11.6. The van der Waals surface area contributed by atoms with E-state index in [-0.39, 0.29) is 0 Å². The van der Waals surface area contributed by atoms with Crippen LogP contribution in [0.25, 0.3) is 0 Å². The third kappa shape index (κ3) is 2.25. The first-order chi connectivity index (χ1) is 9.79. The van der Waals surface area contributed by atoms with E-state index in [1.54, 1.807) is 6.20 Å². The van der Waals surface area contributed by atoms with Crippen LogP contribution >= 0.6 is 0 Å². The second-order valence-electron chi connectivity index (χ2n) is 5.19. The Morgan fingerprint density at radius 1 is 1.10 bits per heavy atom. The number of fused-ring (bicyclic) bond motifs is 1. The van der Waals surface area contributed by atoms with Crippen molar-refractivity contribution in [3.8, 4) is 6.07 Å². The van der Waals surface area contributed by atoms with Crippen LogP contribution in [0.2, 0.25) is 0 Å². The summed E-state index contributed by atoms with van der Waals surface area (Å²) in [5.41, 5.74) is 4.54. The predicted octanol–water partition coefficient (Wildman–Crippen LogP) is 2.87. The first-order valence-electron chi connectivity index (χ1n) is 6.97. The van der Waals surface area contributed by atoms with Crippen molar-refractivity contribution >= 4 is 5.82 Å². The number of aryl methyl sites for hydroxylation is 1. The molecule has 1 aliphatic rings. The van der Waals surface area contributed by atoms with Crippen molar-refractivity contribution < 1.29 is 0 Å². The lowest BCUT2D eigenvalue weighted by molar-refractivity contribution is 0.788. The molecule has 0 fully saturated rings. The molecule has 1 aliphatic heterocycles. The maximum absolute atomic E-state index is 9.36. The molecule has 0 aliphatic carbocycles. The van der Waals surface area contributed by atoms with Crippen LogP contribution in [0.5, 0.6) is 0 Å². The van der Waals surface area contributed by atoms with Gasteiger partial charge in [0.1, 0.15) is 11.9 Å². The summed E-state index contributed by atoms with van der Waals surface area (Å²) in [6, 6.07) is 12.8. The van der Waals surface area contributed by atoms with Crippen LogP contribution in [0, 0.1) is 18.3 Å². The molecule has 0 N–H and O–H groups in total. The highest BCUT2D eigenvalue weighted by atomic mass is 15.2. The van der Waals surface area contributed by atoms with Gasteiger partial charge >= 0.3 is 0 Å². The molecule has 0 atom stereocenters. The Morgan fingerprint density at radius 3 is 2.35 bits per heavy atom. The molecule has 2 aromatic rings. The molecule has 0 spiro atoms. The number of rotatable bonds is 1. The molecule has 3 heteroatoms. The van der Waals surface area contributed by atoms with Crippen molar-refractivity contribution in [2.45, 2.75) is 19.8 Å². The van der Waals surface area contributed by atoms with Gasteiger partial charge in [-0.25, -0.2) is 4.98 Å². The zero-order chi connectivity index (χ0) is 13.9. The lowest BCUT2D eigenvalue weighted by Crippen LogP contribution is -2.28. The van der Waals surface area contributed by atoms with Gasteiger partial charge < -0.3 is 4.90 Å². The third-order valence-electron chi connectivity index (χ3n) is 3.97. The van der Waals surface area contributed by atoms with E-state index < -0.39 is 0 Å². The Morgan fingerprint density at radius 2 is 1.75 bits per heavy atom. The average Bonchev–Trinajstić information content (AvgIpc) is 2.69. The largest absolute Gasteiger partial charge is 0.355 e. The fourth-order valence-electron chi connectivity index (χ4n) is 2.80. The minimum absolute atomic E-state index is 0.707. The predicted molar refractivity (Wildman–Crippen MR) is 79.8 cm³/mol. The first kappa shape index (κ1) is 12.7. The fraction of sp³-hybridized carbons (Fsp3) is 0.294. The van der Waals surface area contributed by atoms with Gasteiger partial charge in [-0.2, -0.15) is 5.26 Å². The van der Waals surface area contributed by atoms with Crippen LogP contribution in [0.3, 0.4) is 0 Å². The van der Waals surface area contributed by atoms with Gasteiger partial charge in [-0.1, -0.05) is 24.3 Å². The highest BCUT2D eigenvalue weighted by Crippen LogP contribution is 2.23. The van der Waals surface area contributed by atoms with E-state index in [9.17, 15) is 5.26 Å². The summed E-state index contributed by atoms with van der Waals surface area (Å²) in [5, 5.41) is 9.36. The summed E-state index contributed by atoms with van der Waals surface area (Å²) in [7, 11) is 0. The van der Waals surface area contributed by atoms with Gasteiger partial charge in [-0.3, -0.25) is 0 Å². The maximum Gasteiger partial charge on any atom is 0.146 e. The van der Waals surface area contributed by atoms with Crippen molar-refractivity contribution in [2.75, 3.05) is 18.0 Å². The normalized spacial score (nSPS) is 14.3. The molecule has 100 valence electrons. The van der Waals surface area contributed by atoms with Crippen molar-refractivity contribution in [3.05, 3.63) is 58.8 Å². The van der Waals surface area contributed by atoms with Crippen LogP contribution in [0.15, 0.2) is 36.5 Å². The molecular weight excluding hydrogens is 246 g/mol. The summed E-state index contributed by atoms with van der Waals surface area (Å²) in [6.45, 7) is 3.81. The number of aromatic nitrogens is 1. The summed E-state index contributed by atoms with van der Waals surface area (Å²) in [4.78, 5) is 6.68. The van der Waals surface area contributed by atoms with Crippen LogP contribution < -0.4 is 4.90 Å². The van der Waals surface area contributed by atoms with Crippen molar-refractivity contribution in [1.82, 2.24) is 4.98 Å². The molecule has 20 heavy (non-hydrogen) atoms. The second kappa shape index (κ2) is 5.34. The van der Waals surface area contributed by atoms with E-state index in [0.29, 0.717) is 5.56 Å². The molecule has 0 amide bonds. The van der Waals surface area contributed by atoms with Gasteiger partial charge in [0.2, 0.25) is 0 Å². The lowest BCUT2D eigenvalue weighted by Gasteiger charge is -2.22. The van der Waals surface area contributed by atoms with Gasteiger partial charge in [0, 0.05) is 19.3 Å². The summed E-state index contributed by atoms with van der Waals surface area (Å²) in [6.07, 6.45) is 3.82. The van der Waals surface area contributed by atoms with Crippen LogP contribution in [-0.2, 0) is 12.8 Å². The minimum atomic E-state index is 0.707. The van der Waals surface area contributed by atoms with Crippen molar-refractivity contribution in [2.24, 2.45) is 0 Å². The van der Waals surface area contributed by atoms with Crippen LogP contribution in [0.1, 0.15) is 22.3 Å². The standard InChI is InChI=1S/C17H17N3/c1-13-6-9-19-17(16(13)12-18)20-10-7-14-4-2-3-5-15(14)8-11-20/h2-6,9H,7-8,10-11H2,1H3. The van der Waals surface area contributed by atoms with Crippen LogP contribution in [-0.4, -0.2) is 18.1 Å². The lowest BCUT2D eigenvalue weighted by atomic mass is 10.0. The molecule has 0 unspecified atom stereocenters. The molecule has 0 saturated carbocycles. The van der Waals surface area contributed by atoms with Gasteiger partial charge in [0.15, 0.2) is 0 Å². The van der Waals surface area contributed by atoms with E-state index in [1.807, 2.05) is 13.0 Å². The average molecular weight is 263 g/mol. The number of anilines is 1. The molecule has 2 heterocycles. The van der Waals surface area contributed by atoms with E-state index in [1.165, 1.54) is 11.1 Å². The third-order valence-corrected chi connectivity index (χ3v) is 3.97. The molecule has 3 nitrogen and oxygen atoms in total. The zero-order valence-corrected chi connectivity index (χ0v) is 11.6. The Labute approximate surface area is 119 Å². The number of hydrogen-bond donors (Lipinski definition) is 0. The SMILES string of the molecule is Cc1ccnc(N2CCc3ccccc3CC2)c1C#N. The molecule has 3 rings (SSSR count). The number of hydrogen-bond acceptors (Lipinski definition) is 3. The summed E-state index contributed by atoms with van der Waals surface area (Å²) >= 11 is 0. The molecule has 1 aromatic heterocycles. The molecule has 0 radical (unpaired) electrons. The number of nitriles is 1. The number of benzene rings is 1.